The van der Waals surface area contributed by atoms with Crippen LogP contribution in [0.3, 0.4) is 0 Å². The SMILES string of the molecule is Cc1ccc(NC(=O)c2ccc(CN3CCOCC3)cc2)cc1N. The van der Waals surface area contributed by atoms with Crippen LogP contribution in [0.1, 0.15) is 21.5 Å². The third-order valence-corrected chi connectivity index (χ3v) is 4.26. The van der Waals surface area contributed by atoms with Gasteiger partial charge in [-0.1, -0.05) is 18.2 Å². The van der Waals surface area contributed by atoms with Gasteiger partial charge in [0.05, 0.1) is 13.2 Å². The Morgan fingerprint density at radius 3 is 2.54 bits per heavy atom. The van der Waals surface area contributed by atoms with Crippen molar-refractivity contribution >= 4 is 17.3 Å². The molecule has 0 radical (unpaired) electrons. The number of nitrogens with one attached hydrogen (secondary N) is 1. The standard InChI is InChI=1S/C19H23N3O2/c1-14-2-7-17(12-18(14)20)21-19(23)16-5-3-15(4-6-16)13-22-8-10-24-11-9-22/h2-7,12H,8-11,13,20H2,1H3,(H,21,23). The lowest BCUT2D eigenvalue weighted by Gasteiger charge is -2.26. The number of morpholine rings is 1. The van der Waals surface area contributed by atoms with Crippen molar-refractivity contribution in [3.05, 3.63) is 59.2 Å². The fourth-order valence-corrected chi connectivity index (χ4v) is 2.70. The van der Waals surface area contributed by atoms with Gasteiger partial charge in [0.2, 0.25) is 0 Å². The van der Waals surface area contributed by atoms with Crippen molar-refractivity contribution in [1.29, 1.82) is 0 Å². The number of nitrogens with two attached hydrogens (primary N) is 1. The van der Waals surface area contributed by atoms with Crippen LogP contribution < -0.4 is 11.1 Å². The van der Waals surface area contributed by atoms with Crippen molar-refractivity contribution in [2.75, 3.05) is 37.4 Å². The Labute approximate surface area is 142 Å². The summed E-state index contributed by atoms with van der Waals surface area (Å²) in [4.78, 5) is 14.7. The zero-order valence-corrected chi connectivity index (χ0v) is 13.9. The largest absolute Gasteiger partial charge is 0.398 e. The molecule has 0 atom stereocenters. The van der Waals surface area contributed by atoms with Crippen LogP contribution in [0.2, 0.25) is 0 Å². The Kier molecular flexibility index (Phi) is 5.13. The molecule has 0 spiro atoms. The van der Waals surface area contributed by atoms with E-state index in [0.717, 1.165) is 38.4 Å². The fourth-order valence-electron chi connectivity index (χ4n) is 2.70. The van der Waals surface area contributed by atoms with Crippen molar-refractivity contribution in [3.8, 4) is 0 Å². The quantitative estimate of drug-likeness (QED) is 0.848. The molecule has 1 heterocycles. The molecule has 0 aromatic heterocycles. The lowest BCUT2D eigenvalue weighted by atomic mass is 10.1. The third kappa shape index (κ3) is 4.13. The van der Waals surface area contributed by atoms with Gasteiger partial charge in [0.15, 0.2) is 0 Å². The summed E-state index contributed by atoms with van der Waals surface area (Å²) in [5, 5.41) is 2.88. The molecule has 3 N–H and O–H groups in total. The first-order valence-corrected chi connectivity index (χ1v) is 8.18. The summed E-state index contributed by atoms with van der Waals surface area (Å²) in [5.41, 5.74) is 10.1. The number of nitrogen functional groups attached to an aromatic ring is 1. The zero-order chi connectivity index (χ0) is 16.9. The van der Waals surface area contributed by atoms with Crippen LogP contribution in [-0.2, 0) is 11.3 Å². The Balaban J connectivity index is 1.61. The normalized spacial score (nSPS) is 15.2. The van der Waals surface area contributed by atoms with Crippen LogP contribution >= 0.6 is 0 Å². The van der Waals surface area contributed by atoms with E-state index in [1.54, 1.807) is 6.07 Å². The summed E-state index contributed by atoms with van der Waals surface area (Å²) in [6, 6.07) is 13.3. The van der Waals surface area contributed by atoms with Crippen molar-refractivity contribution in [3.63, 3.8) is 0 Å². The third-order valence-electron chi connectivity index (χ3n) is 4.26. The van der Waals surface area contributed by atoms with E-state index in [1.165, 1.54) is 5.56 Å². The number of aryl methyl sites for hydroxylation is 1. The number of carbonyl (C=O) groups excluding carboxylic acids is 1. The highest BCUT2D eigenvalue weighted by molar-refractivity contribution is 6.04. The minimum atomic E-state index is -0.129. The van der Waals surface area contributed by atoms with E-state index in [9.17, 15) is 4.79 Å². The van der Waals surface area contributed by atoms with Crippen LogP contribution in [0.25, 0.3) is 0 Å². The predicted octanol–water partition coefficient (Wildman–Crippen LogP) is 2.66. The minimum absolute atomic E-state index is 0.129. The maximum atomic E-state index is 12.3. The van der Waals surface area contributed by atoms with Gasteiger partial charge in [0.1, 0.15) is 0 Å². The Bertz CT molecular complexity index is 707. The number of carbonyl (C=O) groups is 1. The second-order valence-electron chi connectivity index (χ2n) is 6.11. The molecule has 126 valence electrons. The van der Waals surface area contributed by atoms with E-state index >= 15 is 0 Å². The second-order valence-corrected chi connectivity index (χ2v) is 6.11. The van der Waals surface area contributed by atoms with E-state index in [1.807, 2.05) is 43.3 Å². The highest BCUT2D eigenvalue weighted by Crippen LogP contribution is 2.18. The number of nitrogens with zero attached hydrogens (tertiary/aromatic N) is 1. The van der Waals surface area contributed by atoms with E-state index in [0.29, 0.717) is 16.9 Å². The van der Waals surface area contributed by atoms with Crippen molar-refractivity contribution in [2.45, 2.75) is 13.5 Å². The summed E-state index contributed by atoms with van der Waals surface area (Å²) in [6.45, 7) is 6.32. The monoisotopic (exact) mass is 325 g/mol. The number of hydrogen-bond donors (Lipinski definition) is 2. The summed E-state index contributed by atoms with van der Waals surface area (Å²) < 4.78 is 5.36. The molecule has 1 amide bonds. The van der Waals surface area contributed by atoms with Gasteiger partial charge in [-0.25, -0.2) is 0 Å². The van der Waals surface area contributed by atoms with E-state index in [-0.39, 0.29) is 5.91 Å². The van der Waals surface area contributed by atoms with E-state index < -0.39 is 0 Å². The second kappa shape index (κ2) is 7.47. The smallest absolute Gasteiger partial charge is 0.255 e. The molecule has 5 nitrogen and oxygen atoms in total. The van der Waals surface area contributed by atoms with Gasteiger partial charge in [-0.05, 0) is 42.3 Å². The van der Waals surface area contributed by atoms with Gasteiger partial charge in [-0.15, -0.1) is 0 Å². The molecule has 1 aliphatic rings. The number of anilines is 2. The molecule has 0 unspecified atom stereocenters. The summed E-state index contributed by atoms with van der Waals surface area (Å²) in [6.07, 6.45) is 0. The van der Waals surface area contributed by atoms with Crippen molar-refractivity contribution in [1.82, 2.24) is 4.90 Å². The number of benzene rings is 2. The lowest BCUT2D eigenvalue weighted by molar-refractivity contribution is 0.0342. The van der Waals surface area contributed by atoms with E-state index in [2.05, 4.69) is 10.2 Å². The molecule has 1 saturated heterocycles. The lowest BCUT2D eigenvalue weighted by Crippen LogP contribution is -2.35. The minimum Gasteiger partial charge on any atom is -0.398 e. The van der Waals surface area contributed by atoms with Gasteiger partial charge in [-0.3, -0.25) is 9.69 Å². The van der Waals surface area contributed by atoms with Crippen molar-refractivity contribution in [2.24, 2.45) is 0 Å². The molecule has 0 aliphatic carbocycles. The number of hydrogen-bond acceptors (Lipinski definition) is 4. The highest BCUT2D eigenvalue weighted by atomic mass is 16.5. The Hall–Kier alpha value is -2.37. The molecule has 2 aromatic rings. The average molecular weight is 325 g/mol. The maximum absolute atomic E-state index is 12.3. The summed E-state index contributed by atoms with van der Waals surface area (Å²) in [7, 11) is 0. The van der Waals surface area contributed by atoms with Gasteiger partial charge in [0.25, 0.3) is 5.91 Å². The topological polar surface area (TPSA) is 67.6 Å². The first-order chi connectivity index (χ1) is 11.6. The van der Waals surface area contributed by atoms with Gasteiger partial charge < -0.3 is 15.8 Å². The fraction of sp³-hybridized carbons (Fsp3) is 0.316. The highest BCUT2D eigenvalue weighted by Gasteiger charge is 2.11. The van der Waals surface area contributed by atoms with Crippen LogP contribution in [-0.4, -0.2) is 37.1 Å². The van der Waals surface area contributed by atoms with Crippen LogP contribution in [0.15, 0.2) is 42.5 Å². The molecule has 1 aliphatic heterocycles. The number of ether oxygens (including phenoxy) is 1. The number of amides is 1. The van der Waals surface area contributed by atoms with Crippen LogP contribution in [0.4, 0.5) is 11.4 Å². The molecular weight excluding hydrogens is 302 g/mol. The van der Waals surface area contributed by atoms with Gasteiger partial charge >= 0.3 is 0 Å². The first-order valence-electron chi connectivity index (χ1n) is 8.18. The van der Waals surface area contributed by atoms with Gasteiger partial charge in [-0.2, -0.15) is 0 Å². The molecule has 5 heteroatoms. The molecule has 2 aromatic carbocycles. The predicted molar refractivity (Wildman–Crippen MR) is 96.1 cm³/mol. The molecule has 0 saturated carbocycles. The van der Waals surface area contributed by atoms with Gasteiger partial charge in [0, 0.05) is 36.6 Å². The Morgan fingerprint density at radius 1 is 1.17 bits per heavy atom. The summed E-state index contributed by atoms with van der Waals surface area (Å²) >= 11 is 0. The molecule has 24 heavy (non-hydrogen) atoms. The Morgan fingerprint density at radius 2 is 1.88 bits per heavy atom. The average Bonchev–Trinajstić information content (AvgIpc) is 2.60. The van der Waals surface area contributed by atoms with Crippen LogP contribution in [0, 0.1) is 6.92 Å². The first kappa shape index (κ1) is 16.5. The number of rotatable bonds is 4. The zero-order valence-electron chi connectivity index (χ0n) is 13.9. The molecule has 0 bridgehead atoms. The van der Waals surface area contributed by atoms with Crippen LogP contribution in [0.5, 0.6) is 0 Å². The van der Waals surface area contributed by atoms with E-state index in [4.69, 9.17) is 10.5 Å². The molecule has 3 rings (SSSR count). The maximum Gasteiger partial charge on any atom is 0.255 e. The molecule has 1 fully saturated rings. The summed E-state index contributed by atoms with van der Waals surface area (Å²) in [5.74, 6) is -0.129. The molecular formula is C19H23N3O2. The van der Waals surface area contributed by atoms with Crippen molar-refractivity contribution < 1.29 is 9.53 Å².